The number of hydrogen-bond donors (Lipinski definition) is 3. The normalized spacial score (nSPS) is 12.5. The fraction of sp³-hybridized carbons (Fsp3) is 0.455. The van der Waals surface area contributed by atoms with Gasteiger partial charge in [0.1, 0.15) is 0 Å². The molecule has 0 amide bonds. The van der Waals surface area contributed by atoms with Crippen molar-refractivity contribution in [1.29, 1.82) is 0 Å². The Morgan fingerprint density at radius 2 is 2.19 bits per heavy atom. The van der Waals surface area contributed by atoms with E-state index in [1.807, 2.05) is 0 Å². The lowest BCUT2D eigenvalue weighted by Crippen LogP contribution is -2.12. The summed E-state index contributed by atoms with van der Waals surface area (Å²) in [6.45, 7) is 0.608. The summed E-state index contributed by atoms with van der Waals surface area (Å²) >= 11 is 5.87. The van der Waals surface area contributed by atoms with Crippen LogP contribution in [0.2, 0.25) is 5.02 Å². The van der Waals surface area contributed by atoms with E-state index in [1.54, 1.807) is 12.1 Å². The molecule has 0 spiro atoms. The minimum atomic E-state index is -0.143. The van der Waals surface area contributed by atoms with Crippen LogP contribution in [-0.2, 0) is 0 Å². The average molecular weight is 245 g/mol. The summed E-state index contributed by atoms with van der Waals surface area (Å²) < 4.78 is 5.01. The van der Waals surface area contributed by atoms with Gasteiger partial charge in [0.2, 0.25) is 0 Å². The zero-order valence-electron chi connectivity index (χ0n) is 9.24. The standard InChI is InChI=1S/C11H17ClN2O2/c1-16-10-6-7(5-8(12)11(10)15)9(14)3-2-4-13/h5-6,9,15H,2-4,13-14H2,1H3/t9-/m0/s1. The number of hydrogen-bond acceptors (Lipinski definition) is 4. The van der Waals surface area contributed by atoms with Crippen molar-refractivity contribution < 1.29 is 9.84 Å². The van der Waals surface area contributed by atoms with Gasteiger partial charge < -0.3 is 21.3 Å². The number of benzene rings is 1. The van der Waals surface area contributed by atoms with Gasteiger partial charge >= 0.3 is 0 Å². The molecular weight excluding hydrogens is 228 g/mol. The second-order valence-corrected chi connectivity index (χ2v) is 4.00. The fourth-order valence-electron chi connectivity index (χ4n) is 1.47. The first-order valence-electron chi connectivity index (χ1n) is 5.12. The number of methoxy groups -OCH3 is 1. The number of rotatable bonds is 5. The molecule has 1 rings (SSSR count). The predicted molar refractivity (Wildman–Crippen MR) is 64.9 cm³/mol. The first-order chi connectivity index (χ1) is 7.60. The maximum Gasteiger partial charge on any atom is 0.176 e. The van der Waals surface area contributed by atoms with E-state index in [-0.39, 0.29) is 16.8 Å². The molecule has 0 unspecified atom stereocenters. The van der Waals surface area contributed by atoms with E-state index in [1.165, 1.54) is 7.11 Å². The highest BCUT2D eigenvalue weighted by molar-refractivity contribution is 6.32. The van der Waals surface area contributed by atoms with Crippen molar-refractivity contribution in [2.45, 2.75) is 18.9 Å². The second kappa shape index (κ2) is 5.94. The van der Waals surface area contributed by atoms with Gasteiger partial charge in [0.15, 0.2) is 11.5 Å². The van der Waals surface area contributed by atoms with Gasteiger partial charge in [-0.05, 0) is 37.1 Å². The molecule has 0 saturated heterocycles. The van der Waals surface area contributed by atoms with Crippen molar-refractivity contribution in [3.8, 4) is 11.5 Å². The van der Waals surface area contributed by atoms with Crippen LogP contribution in [0.25, 0.3) is 0 Å². The van der Waals surface area contributed by atoms with Crippen molar-refractivity contribution in [2.75, 3.05) is 13.7 Å². The van der Waals surface area contributed by atoms with E-state index in [4.69, 9.17) is 27.8 Å². The average Bonchev–Trinajstić information content (AvgIpc) is 2.29. The van der Waals surface area contributed by atoms with Crippen molar-refractivity contribution >= 4 is 11.6 Å². The monoisotopic (exact) mass is 244 g/mol. The Labute approximate surface area is 100 Å². The molecule has 1 atom stereocenters. The molecule has 0 aromatic heterocycles. The Morgan fingerprint density at radius 1 is 1.50 bits per heavy atom. The summed E-state index contributed by atoms with van der Waals surface area (Å²) in [6, 6.07) is 3.21. The van der Waals surface area contributed by atoms with Crippen LogP contribution in [0.15, 0.2) is 12.1 Å². The minimum Gasteiger partial charge on any atom is -0.503 e. The lowest BCUT2D eigenvalue weighted by atomic mass is 10.0. The third kappa shape index (κ3) is 3.01. The number of aromatic hydroxyl groups is 1. The van der Waals surface area contributed by atoms with Crippen LogP contribution < -0.4 is 16.2 Å². The highest BCUT2D eigenvalue weighted by Crippen LogP contribution is 2.36. The molecule has 0 heterocycles. The van der Waals surface area contributed by atoms with Crippen molar-refractivity contribution in [2.24, 2.45) is 11.5 Å². The SMILES string of the molecule is COc1cc([C@@H](N)CCCN)cc(Cl)c1O. The van der Waals surface area contributed by atoms with Gasteiger partial charge in [-0.25, -0.2) is 0 Å². The van der Waals surface area contributed by atoms with Crippen LogP contribution in [0.1, 0.15) is 24.4 Å². The van der Waals surface area contributed by atoms with Crippen LogP contribution >= 0.6 is 11.6 Å². The molecule has 0 fully saturated rings. The fourth-order valence-corrected chi connectivity index (χ4v) is 1.69. The molecule has 0 aliphatic heterocycles. The lowest BCUT2D eigenvalue weighted by molar-refractivity contribution is 0.372. The van der Waals surface area contributed by atoms with Gasteiger partial charge in [-0.1, -0.05) is 11.6 Å². The van der Waals surface area contributed by atoms with Crippen LogP contribution in [0.3, 0.4) is 0 Å². The number of nitrogens with two attached hydrogens (primary N) is 2. The molecule has 1 aromatic rings. The highest BCUT2D eigenvalue weighted by Gasteiger charge is 2.13. The number of halogens is 1. The van der Waals surface area contributed by atoms with Gasteiger partial charge in [-0.2, -0.15) is 0 Å². The van der Waals surface area contributed by atoms with Crippen molar-refractivity contribution in [3.05, 3.63) is 22.7 Å². The first kappa shape index (κ1) is 13.1. The lowest BCUT2D eigenvalue weighted by Gasteiger charge is -2.14. The third-order valence-corrected chi connectivity index (χ3v) is 2.71. The Morgan fingerprint density at radius 3 is 2.75 bits per heavy atom. The molecule has 0 radical (unpaired) electrons. The first-order valence-corrected chi connectivity index (χ1v) is 5.50. The topological polar surface area (TPSA) is 81.5 Å². The van der Waals surface area contributed by atoms with E-state index < -0.39 is 0 Å². The summed E-state index contributed by atoms with van der Waals surface area (Å²) in [5.74, 6) is 0.282. The molecule has 90 valence electrons. The van der Waals surface area contributed by atoms with Gasteiger partial charge in [0.05, 0.1) is 12.1 Å². The van der Waals surface area contributed by atoms with Gasteiger partial charge in [0, 0.05) is 6.04 Å². The Bertz CT molecular complexity index is 358. The molecule has 0 aliphatic carbocycles. The zero-order valence-corrected chi connectivity index (χ0v) is 10.00. The molecule has 5 heteroatoms. The highest BCUT2D eigenvalue weighted by atomic mass is 35.5. The quantitative estimate of drug-likeness (QED) is 0.738. The molecule has 0 aliphatic rings. The molecule has 5 N–H and O–H groups in total. The van der Waals surface area contributed by atoms with Crippen LogP contribution in [0.4, 0.5) is 0 Å². The van der Waals surface area contributed by atoms with Gasteiger partial charge in [0.25, 0.3) is 0 Å². The number of phenols is 1. The molecule has 0 bridgehead atoms. The Kier molecular flexibility index (Phi) is 4.86. The van der Waals surface area contributed by atoms with E-state index in [0.717, 1.165) is 18.4 Å². The number of phenolic OH excluding ortho intramolecular Hbond substituents is 1. The largest absolute Gasteiger partial charge is 0.503 e. The molecule has 16 heavy (non-hydrogen) atoms. The smallest absolute Gasteiger partial charge is 0.176 e. The van der Waals surface area contributed by atoms with E-state index in [9.17, 15) is 5.11 Å². The summed E-state index contributed by atoms with van der Waals surface area (Å²) in [5, 5.41) is 9.81. The third-order valence-electron chi connectivity index (χ3n) is 2.42. The minimum absolute atomic E-state index is 0.0565. The summed E-state index contributed by atoms with van der Waals surface area (Å²) in [5.41, 5.74) is 12.2. The van der Waals surface area contributed by atoms with E-state index in [2.05, 4.69) is 0 Å². The molecule has 4 nitrogen and oxygen atoms in total. The summed E-state index contributed by atoms with van der Waals surface area (Å²) in [4.78, 5) is 0. The van der Waals surface area contributed by atoms with Crippen LogP contribution in [0, 0.1) is 0 Å². The van der Waals surface area contributed by atoms with Crippen molar-refractivity contribution in [1.82, 2.24) is 0 Å². The number of ether oxygens (including phenoxy) is 1. The molecule has 0 saturated carbocycles. The maximum absolute atomic E-state index is 9.56. The summed E-state index contributed by atoms with van der Waals surface area (Å²) in [7, 11) is 1.47. The van der Waals surface area contributed by atoms with E-state index in [0.29, 0.717) is 12.3 Å². The van der Waals surface area contributed by atoms with Crippen LogP contribution in [0.5, 0.6) is 11.5 Å². The van der Waals surface area contributed by atoms with Crippen molar-refractivity contribution in [3.63, 3.8) is 0 Å². The van der Waals surface area contributed by atoms with Gasteiger partial charge in [-0.3, -0.25) is 0 Å². The maximum atomic E-state index is 9.56. The zero-order chi connectivity index (χ0) is 12.1. The Hall–Kier alpha value is -0.970. The van der Waals surface area contributed by atoms with E-state index >= 15 is 0 Å². The predicted octanol–water partition coefficient (Wildman–Crippen LogP) is 1.79. The molecule has 1 aromatic carbocycles. The second-order valence-electron chi connectivity index (χ2n) is 3.59. The molecular formula is C11H17ClN2O2. The van der Waals surface area contributed by atoms with Crippen LogP contribution in [-0.4, -0.2) is 18.8 Å². The Balaban J connectivity index is 2.92. The summed E-state index contributed by atoms with van der Waals surface area (Å²) in [6.07, 6.45) is 1.63. The van der Waals surface area contributed by atoms with Gasteiger partial charge in [-0.15, -0.1) is 0 Å².